The lowest BCUT2D eigenvalue weighted by molar-refractivity contribution is -0.143. The fraction of sp³-hybridized carbons (Fsp3) is 0.889. The van der Waals surface area contributed by atoms with E-state index in [0.29, 0.717) is 12.5 Å². The molecule has 0 spiro atoms. The summed E-state index contributed by atoms with van der Waals surface area (Å²) in [7, 11) is 1.42. The highest BCUT2D eigenvalue weighted by molar-refractivity contribution is 7.99. The van der Waals surface area contributed by atoms with E-state index < -0.39 is 0 Å². The number of hydrogen-bond donors (Lipinski definition) is 1. The molecule has 0 rings (SSSR count). The molecule has 2 atom stereocenters. The molecule has 0 aromatic carbocycles. The molecule has 3 nitrogen and oxygen atoms in total. The Morgan fingerprint density at radius 2 is 2.08 bits per heavy atom. The molecule has 0 fully saturated rings. The van der Waals surface area contributed by atoms with Crippen LogP contribution in [0.5, 0.6) is 0 Å². The van der Waals surface area contributed by atoms with Crippen molar-refractivity contribution in [1.82, 2.24) is 0 Å². The van der Waals surface area contributed by atoms with E-state index >= 15 is 0 Å². The second kappa shape index (κ2) is 7.21. The van der Waals surface area contributed by atoms with Gasteiger partial charge in [0.25, 0.3) is 0 Å². The molecule has 13 heavy (non-hydrogen) atoms. The lowest BCUT2D eigenvalue weighted by Crippen LogP contribution is -2.17. The molecule has 0 heterocycles. The molecule has 0 aromatic rings. The van der Waals surface area contributed by atoms with Gasteiger partial charge in [-0.05, 0) is 18.2 Å². The van der Waals surface area contributed by atoms with Gasteiger partial charge in [-0.25, -0.2) is 0 Å². The highest BCUT2D eigenvalue weighted by Crippen LogP contribution is 2.12. The minimum Gasteiger partial charge on any atom is -0.469 e. The molecule has 0 bridgehead atoms. The van der Waals surface area contributed by atoms with E-state index in [-0.39, 0.29) is 11.9 Å². The molecule has 4 heteroatoms. The molecule has 0 aliphatic rings. The summed E-state index contributed by atoms with van der Waals surface area (Å²) in [4.78, 5) is 11.0. The topological polar surface area (TPSA) is 52.3 Å². The predicted octanol–water partition coefficient (Wildman–Crippen LogP) is 1.12. The average Bonchev–Trinajstić information content (AvgIpc) is 2.15. The van der Waals surface area contributed by atoms with Gasteiger partial charge < -0.3 is 10.5 Å². The van der Waals surface area contributed by atoms with E-state index in [9.17, 15) is 4.79 Å². The fourth-order valence-corrected chi connectivity index (χ4v) is 1.95. The molecule has 78 valence electrons. The number of nitrogens with two attached hydrogens (primary N) is 1. The smallest absolute Gasteiger partial charge is 0.309 e. The van der Waals surface area contributed by atoms with Gasteiger partial charge in [0.1, 0.15) is 0 Å². The van der Waals surface area contributed by atoms with E-state index in [1.165, 1.54) is 7.11 Å². The minimum absolute atomic E-state index is 0.0139. The van der Waals surface area contributed by atoms with Crippen molar-refractivity contribution in [3.8, 4) is 0 Å². The van der Waals surface area contributed by atoms with Crippen LogP contribution >= 0.6 is 11.8 Å². The van der Waals surface area contributed by atoms with Crippen LogP contribution in [0.4, 0.5) is 0 Å². The Labute approximate surface area is 84.4 Å². The second-order valence-electron chi connectivity index (χ2n) is 3.30. The van der Waals surface area contributed by atoms with Crippen LogP contribution in [0.3, 0.4) is 0 Å². The summed E-state index contributed by atoms with van der Waals surface area (Å²) in [6.07, 6.45) is 0. The summed E-state index contributed by atoms with van der Waals surface area (Å²) in [6, 6.07) is 0. The van der Waals surface area contributed by atoms with E-state index in [2.05, 4.69) is 11.7 Å². The van der Waals surface area contributed by atoms with Gasteiger partial charge in [-0.1, -0.05) is 13.8 Å². The Bertz CT molecular complexity index is 153. The maximum atomic E-state index is 11.0. The first-order valence-corrected chi connectivity index (χ1v) is 5.62. The van der Waals surface area contributed by atoms with Crippen molar-refractivity contribution in [1.29, 1.82) is 0 Å². The number of thioether (sulfide) groups is 1. The van der Waals surface area contributed by atoms with E-state index in [1.807, 2.05) is 6.92 Å². The monoisotopic (exact) mass is 205 g/mol. The van der Waals surface area contributed by atoms with Crippen molar-refractivity contribution in [3.63, 3.8) is 0 Å². The second-order valence-corrected chi connectivity index (χ2v) is 4.38. The van der Waals surface area contributed by atoms with Gasteiger partial charge in [0.15, 0.2) is 0 Å². The number of methoxy groups -OCH3 is 1. The summed E-state index contributed by atoms with van der Waals surface area (Å²) in [6.45, 7) is 4.70. The molecule has 2 unspecified atom stereocenters. The van der Waals surface area contributed by atoms with Crippen molar-refractivity contribution in [2.75, 3.05) is 25.2 Å². The third-order valence-electron chi connectivity index (χ3n) is 1.78. The first-order chi connectivity index (χ1) is 6.11. The molecule has 0 aliphatic heterocycles. The minimum atomic E-state index is -0.132. The zero-order valence-corrected chi connectivity index (χ0v) is 9.39. The number of hydrogen-bond acceptors (Lipinski definition) is 4. The SMILES string of the molecule is COC(=O)C(C)CSCC(C)CN. The number of ether oxygens (including phenoxy) is 1. The van der Waals surface area contributed by atoms with E-state index in [1.54, 1.807) is 11.8 Å². The van der Waals surface area contributed by atoms with Gasteiger partial charge in [-0.3, -0.25) is 4.79 Å². The highest BCUT2D eigenvalue weighted by atomic mass is 32.2. The lowest BCUT2D eigenvalue weighted by Gasteiger charge is -2.10. The third kappa shape index (κ3) is 5.93. The zero-order chi connectivity index (χ0) is 10.3. The quantitative estimate of drug-likeness (QED) is 0.660. The molecule has 2 N–H and O–H groups in total. The largest absolute Gasteiger partial charge is 0.469 e. The average molecular weight is 205 g/mol. The van der Waals surface area contributed by atoms with Gasteiger partial charge in [-0.15, -0.1) is 0 Å². The number of carbonyl (C=O) groups is 1. The molecular formula is C9H19NO2S. The van der Waals surface area contributed by atoms with Gasteiger partial charge >= 0.3 is 5.97 Å². The molecule has 0 aromatic heterocycles. The Hall–Kier alpha value is -0.220. The van der Waals surface area contributed by atoms with Crippen LogP contribution in [0, 0.1) is 11.8 Å². The molecular weight excluding hydrogens is 186 g/mol. The maximum Gasteiger partial charge on any atom is 0.309 e. The molecule has 0 saturated heterocycles. The van der Waals surface area contributed by atoms with Crippen LogP contribution in [0.2, 0.25) is 0 Å². The normalized spacial score (nSPS) is 15.1. The van der Waals surface area contributed by atoms with Crippen LogP contribution < -0.4 is 5.73 Å². The first-order valence-electron chi connectivity index (χ1n) is 4.47. The number of esters is 1. The standard InChI is InChI=1S/C9H19NO2S/c1-7(4-10)5-13-6-8(2)9(11)12-3/h7-8H,4-6,10H2,1-3H3. The highest BCUT2D eigenvalue weighted by Gasteiger charge is 2.12. The van der Waals surface area contributed by atoms with E-state index in [0.717, 1.165) is 11.5 Å². The Kier molecular flexibility index (Phi) is 7.09. The molecule has 0 saturated carbocycles. The number of rotatable bonds is 6. The molecule has 0 amide bonds. The van der Waals surface area contributed by atoms with Crippen molar-refractivity contribution in [2.24, 2.45) is 17.6 Å². The van der Waals surface area contributed by atoms with Crippen molar-refractivity contribution in [2.45, 2.75) is 13.8 Å². The van der Waals surface area contributed by atoms with Gasteiger partial charge in [0, 0.05) is 5.75 Å². The van der Waals surface area contributed by atoms with E-state index in [4.69, 9.17) is 5.73 Å². The lowest BCUT2D eigenvalue weighted by atomic mass is 10.2. The summed E-state index contributed by atoms with van der Waals surface area (Å²) in [5, 5.41) is 0. The molecule has 0 radical (unpaired) electrons. The summed E-state index contributed by atoms with van der Waals surface area (Å²) in [5.74, 6) is 2.21. The Morgan fingerprint density at radius 1 is 1.46 bits per heavy atom. The fourth-order valence-electron chi connectivity index (χ4n) is 0.783. The van der Waals surface area contributed by atoms with Crippen molar-refractivity contribution >= 4 is 17.7 Å². The Morgan fingerprint density at radius 3 is 2.54 bits per heavy atom. The predicted molar refractivity (Wildman–Crippen MR) is 56.7 cm³/mol. The van der Waals surface area contributed by atoms with Gasteiger partial charge in [-0.2, -0.15) is 11.8 Å². The summed E-state index contributed by atoms with van der Waals surface area (Å²) < 4.78 is 4.62. The van der Waals surface area contributed by atoms with Gasteiger partial charge in [0.05, 0.1) is 13.0 Å². The first kappa shape index (κ1) is 12.8. The van der Waals surface area contributed by atoms with Gasteiger partial charge in [0.2, 0.25) is 0 Å². The van der Waals surface area contributed by atoms with Crippen LogP contribution in [-0.2, 0) is 9.53 Å². The summed E-state index contributed by atoms with van der Waals surface area (Å²) in [5.41, 5.74) is 5.47. The molecule has 0 aliphatic carbocycles. The Balaban J connectivity index is 3.47. The van der Waals surface area contributed by atoms with Crippen LogP contribution in [0.1, 0.15) is 13.8 Å². The summed E-state index contributed by atoms with van der Waals surface area (Å²) >= 11 is 1.76. The third-order valence-corrected chi connectivity index (χ3v) is 3.32. The zero-order valence-electron chi connectivity index (χ0n) is 8.58. The maximum absolute atomic E-state index is 11.0. The van der Waals surface area contributed by atoms with Crippen LogP contribution in [0.15, 0.2) is 0 Å². The van der Waals surface area contributed by atoms with Crippen LogP contribution in [-0.4, -0.2) is 31.1 Å². The van der Waals surface area contributed by atoms with Crippen molar-refractivity contribution in [3.05, 3.63) is 0 Å². The van der Waals surface area contributed by atoms with Crippen molar-refractivity contribution < 1.29 is 9.53 Å². The van der Waals surface area contributed by atoms with Crippen LogP contribution in [0.25, 0.3) is 0 Å². The number of carbonyl (C=O) groups excluding carboxylic acids is 1.